The van der Waals surface area contributed by atoms with Crippen LogP contribution in [0, 0.1) is 11.8 Å². The molecule has 120 valence electrons. The van der Waals surface area contributed by atoms with Crippen LogP contribution >= 0.6 is 0 Å². The summed E-state index contributed by atoms with van der Waals surface area (Å²) in [7, 11) is 3.25. The first-order chi connectivity index (χ1) is 10.7. The third-order valence-corrected chi connectivity index (χ3v) is 4.57. The van der Waals surface area contributed by atoms with Gasteiger partial charge in [-0.3, -0.25) is 4.79 Å². The summed E-state index contributed by atoms with van der Waals surface area (Å²) in [5, 5.41) is 0. The zero-order valence-corrected chi connectivity index (χ0v) is 13.1. The Morgan fingerprint density at radius 2 is 2.18 bits per heavy atom. The third-order valence-electron chi connectivity index (χ3n) is 4.57. The zero-order valence-electron chi connectivity index (χ0n) is 13.1. The van der Waals surface area contributed by atoms with Gasteiger partial charge in [0.1, 0.15) is 12.1 Å². The molecule has 3 rings (SSSR count). The van der Waals surface area contributed by atoms with E-state index in [0.717, 1.165) is 25.3 Å². The topological polar surface area (TPSA) is 67.8 Å². The Kier molecular flexibility index (Phi) is 4.42. The van der Waals surface area contributed by atoms with Crippen molar-refractivity contribution >= 4 is 11.7 Å². The Labute approximate surface area is 130 Å². The second-order valence-electron chi connectivity index (χ2n) is 5.80. The average Bonchev–Trinajstić information content (AvgIpc) is 2.99. The molecule has 0 radical (unpaired) electrons. The van der Waals surface area contributed by atoms with Crippen LogP contribution in [-0.4, -0.2) is 67.8 Å². The Balaban J connectivity index is 1.69. The van der Waals surface area contributed by atoms with E-state index in [4.69, 9.17) is 9.47 Å². The molecular formula is C15H22N4O3. The Hall–Kier alpha value is -1.89. The van der Waals surface area contributed by atoms with Crippen molar-refractivity contribution in [3.05, 3.63) is 12.4 Å². The maximum absolute atomic E-state index is 12.6. The summed E-state index contributed by atoms with van der Waals surface area (Å²) < 4.78 is 10.2. The number of nitrogens with zero attached hydrogens (tertiary/aromatic N) is 4. The molecule has 2 atom stereocenters. The lowest BCUT2D eigenvalue weighted by atomic mass is 9.88. The van der Waals surface area contributed by atoms with Crippen molar-refractivity contribution in [1.82, 2.24) is 14.9 Å². The van der Waals surface area contributed by atoms with Crippen LogP contribution in [-0.2, 0) is 9.53 Å². The van der Waals surface area contributed by atoms with Gasteiger partial charge in [-0.05, 0) is 12.3 Å². The number of fused-ring (bicyclic) bond motifs is 1. The van der Waals surface area contributed by atoms with Gasteiger partial charge in [0.15, 0.2) is 0 Å². The molecule has 2 saturated heterocycles. The number of ether oxygens (including phenoxy) is 2. The predicted octanol–water partition coefficient (Wildman–Crippen LogP) is 0.416. The van der Waals surface area contributed by atoms with Crippen LogP contribution in [0.4, 0.5) is 5.82 Å². The number of likely N-dealkylation sites (tertiary alicyclic amines) is 1. The first-order valence-corrected chi connectivity index (χ1v) is 7.61. The zero-order chi connectivity index (χ0) is 15.5. The maximum Gasteiger partial charge on any atom is 0.227 e. The van der Waals surface area contributed by atoms with Gasteiger partial charge in [0.2, 0.25) is 11.8 Å². The SMILES string of the molecule is COCCN1CC[C@H]2CN(c3cc(OC)ncn3)C[C@@H]2C1=O. The van der Waals surface area contributed by atoms with Crippen molar-refractivity contribution in [1.29, 1.82) is 0 Å². The van der Waals surface area contributed by atoms with Crippen LogP contribution in [0.2, 0.25) is 0 Å². The van der Waals surface area contributed by atoms with Gasteiger partial charge in [0, 0.05) is 39.4 Å². The quantitative estimate of drug-likeness (QED) is 0.785. The molecule has 3 heterocycles. The van der Waals surface area contributed by atoms with Crippen molar-refractivity contribution in [3.63, 3.8) is 0 Å². The minimum atomic E-state index is 0.0616. The second-order valence-corrected chi connectivity index (χ2v) is 5.80. The maximum atomic E-state index is 12.6. The number of carbonyl (C=O) groups is 1. The molecule has 0 aromatic carbocycles. The van der Waals surface area contributed by atoms with Gasteiger partial charge in [0.25, 0.3) is 0 Å². The minimum absolute atomic E-state index is 0.0616. The highest BCUT2D eigenvalue weighted by Gasteiger charge is 2.43. The number of aromatic nitrogens is 2. The van der Waals surface area contributed by atoms with Crippen LogP contribution in [0.25, 0.3) is 0 Å². The van der Waals surface area contributed by atoms with Crippen molar-refractivity contribution in [2.45, 2.75) is 6.42 Å². The smallest absolute Gasteiger partial charge is 0.227 e. The highest BCUT2D eigenvalue weighted by atomic mass is 16.5. The fraction of sp³-hybridized carbons (Fsp3) is 0.667. The molecule has 0 saturated carbocycles. The fourth-order valence-corrected chi connectivity index (χ4v) is 3.33. The van der Waals surface area contributed by atoms with E-state index in [1.807, 2.05) is 11.0 Å². The van der Waals surface area contributed by atoms with Crippen LogP contribution < -0.4 is 9.64 Å². The van der Waals surface area contributed by atoms with E-state index in [1.54, 1.807) is 14.2 Å². The first-order valence-electron chi connectivity index (χ1n) is 7.61. The van der Waals surface area contributed by atoms with Gasteiger partial charge < -0.3 is 19.3 Å². The number of anilines is 1. The molecular weight excluding hydrogens is 284 g/mol. The van der Waals surface area contributed by atoms with E-state index in [9.17, 15) is 4.79 Å². The summed E-state index contributed by atoms with van der Waals surface area (Å²) >= 11 is 0. The minimum Gasteiger partial charge on any atom is -0.481 e. The lowest BCUT2D eigenvalue weighted by Crippen LogP contribution is -2.46. The molecule has 2 fully saturated rings. The highest BCUT2D eigenvalue weighted by Crippen LogP contribution is 2.34. The van der Waals surface area contributed by atoms with Gasteiger partial charge >= 0.3 is 0 Å². The van der Waals surface area contributed by atoms with E-state index in [1.165, 1.54) is 6.33 Å². The van der Waals surface area contributed by atoms with Crippen LogP contribution in [0.5, 0.6) is 5.88 Å². The van der Waals surface area contributed by atoms with Gasteiger partial charge in [-0.1, -0.05) is 0 Å². The van der Waals surface area contributed by atoms with Crippen molar-refractivity contribution in [2.75, 3.05) is 51.9 Å². The summed E-state index contributed by atoms with van der Waals surface area (Å²) in [5.74, 6) is 2.10. The molecule has 1 aromatic rings. The largest absolute Gasteiger partial charge is 0.481 e. The number of rotatable bonds is 5. The molecule has 2 aliphatic heterocycles. The molecule has 0 unspecified atom stereocenters. The molecule has 0 aliphatic carbocycles. The number of carbonyl (C=O) groups excluding carboxylic acids is 1. The first kappa shape index (κ1) is 15.0. The average molecular weight is 306 g/mol. The van der Waals surface area contributed by atoms with Gasteiger partial charge in [-0.15, -0.1) is 0 Å². The van der Waals surface area contributed by atoms with Crippen molar-refractivity contribution < 1.29 is 14.3 Å². The fourth-order valence-electron chi connectivity index (χ4n) is 3.33. The lowest BCUT2D eigenvalue weighted by Gasteiger charge is -2.33. The van der Waals surface area contributed by atoms with E-state index in [2.05, 4.69) is 14.9 Å². The molecule has 0 spiro atoms. The number of piperidine rings is 1. The summed E-state index contributed by atoms with van der Waals surface area (Å²) in [6, 6.07) is 1.82. The standard InChI is InChI=1S/C15H22N4O3/c1-21-6-5-18-4-3-11-8-19(9-12(11)15(18)20)13-7-14(22-2)17-10-16-13/h7,10-12H,3-6,8-9H2,1-2H3/t11-,12-/m0/s1. The molecule has 7 heteroatoms. The number of hydrogen-bond acceptors (Lipinski definition) is 6. The van der Waals surface area contributed by atoms with Crippen LogP contribution in [0.15, 0.2) is 12.4 Å². The molecule has 2 aliphatic rings. The summed E-state index contributed by atoms with van der Waals surface area (Å²) in [6.07, 6.45) is 2.54. The number of amides is 1. The monoisotopic (exact) mass is 306 g/mol. The molecule has 0 N–H and O–H groups in total. The van der Waals surface area contributed by atoms with E-state index in [-0.39, 0.29) is 11.8 Å². The molecule has 0 bridgehead atoms. The van der Waals surface area contributed by atoms with Crippen molar-refractivity contribution in [3.8, 4) is 5.88 Å². The van der Waals surface area contributed by atoms with Crippen molar-refractivity contribution in [2.24, 2.45) is 11.8 Å². The molecule has 22 heavy (non-hydrogen) atoms. The summed E-state index contributed by atoms with van der Waals surface area (Å²) in [4.78, 5) is 25.0. The summed E-state index contributed by atoms with van der Waals surface area (Å²) in [5.41, 5.74) is 0. The van der Waals surface area contributed by atoms with Crippen LogP contribution in [0.1, 0.15) is 6.42 Å². The van der Waals surface area contributed by atoms with E-state index in [0.29, 0.717) is 31.5 Å². The van der Waals surface area contributed by atoms with Crippen LogP contribution in [0.3, 0.4) is 0 Å². The lowest BCUT2D eigenvalue weighted by molar-refractivity contribution is -0.140. The number of methoxy groups -OCH3 is 2. The van der Waals surface area contributed by atoms with E-state index >= 15 is 0 Å². The Morgan fingerprint density at radius 1 is 1.32 bits per heavy atom. The number of hydrogen-bond donors (Lipinski definition) is 0. The Morgan fingerprint density at radius 3 is 2.95 bits per heavy atom. The van der Waals surface area contributed by atoms with Gasteiger partial charge in [-0.25, -0.2) is 9.97 Å². The molecule has 7 nitrogen and oxygen atoms in total. The molecule has 1 amide bonds. The van der Waals surface area contributed by atoms with E-state index < -0.39 is 0 Å². The van der Waals surface area contributed by atoms with Gasteiger partial charge in [-0.2, -0.15) is 0 Å². The molecule has 1 aromatic heterocycles. The predicted molar refractivity (Wildman–Crippen MR) is 80.9 cm³/mol. The second kappa shape index (κ2) is 6.48. The Bertz CT molecular complexity index is 539. The van der Waals surface area contributed by atoms with Gasteiger partial charge in [0.05, 0.1) is 19.6 Å². The highest BCUT2D eigenvalue weighted by molar-refractivity contribution is 5.81. The third kappa shape index (κ3) is 2.85. The normalized spacial score (nSPS) is 24.5. The summed E-state index contributed by atoms with van der Waals surface area (Å²) in [6.45, 7) is 3.68.